The Kier molecular flexibility index (Phi) is 37.9. The summed E-state index contributed by atoms with van der Waals surface area (Å²) in [5.74, 6) is 18.0. The molecule has 0 radical (unpaired) electrons. The fraction of sp³-hybridized carbons (Fsp3) is 0.538. The Bertz CT molecular complexity index is 1040. The molecule has 0 aromatic carbocycles. The summed E-state index contributed by atoms with van der Waals surface area (Å²) < 4.78 is 24.2. The minimum absolute atomic E-state index is 0. The first-order chi connectivity index (χ1) is 17.7. The molecule has 0 fully saturated rings. The summed E-state index contributed by atoms with van der Waals surface area (Å²) in [7, 11) is -5.14. The van der Waals surface area contributed by atoms with E-state index in [0.29, 0.717) is 6.42 Å². The molecule has 0 aliphatic rings. The molecule has 0 aliphatic carbocycles. The van der Waals surface area contributed by atoms with Crippen molar-refractivity contribution in [3.63, 3.8) is 0 Å². The standard InChI is InChI=1S/C14H29O8P.C12H5NO.2Na.9H2/c1-2-3-4-5-6-7-8-9-14(16)22-13(10-20-12-15)11-21-23(17,18)19;1-3-4-5-6-7-8-9-10-11-13-12(2)14;;;;;;;;;;;/h13,15H,2-12H2,1H3,(H2,17,18,19);1H,2H3,(H,13,14);;;9*1H/q;;2*+1;;;;;;;;;/p-2/t13-;;;;;;;;;;;;/m0............/s1. The maximum atomic E-state index is 11.7. The van der Waals surface area contributed by atoms with Crippen molar-refractivity contribution in [1.82, 2.24) is 5.32 Å². The molecule has 13 heteroatoms. The number of carbonyl (C=O) groups excluding carboxylic acids is 2. The SMILES string of the molecule is C#CC#CC#CC#CC#CNC(C)=O.CCCCCCCCCC(=O)O[C@@H](COCO)COP(=O)([O-])[O-].[HH].[HH].[HH].[HH].[HH].[HH].[HH].[HH].[HH].[Na+].[Na+]. The summed E-state index contributed by atoms with van der Waals surface area (Å²) in [6, 6.07) is 2.33. The number of nitrogens with one attached hydrogen (secondary N) is 1. The number of hydrogen-bond acceptors (Lipinski definition) is 9. The van der Waals surface area contributed by atoms with Gasteiger partial charge in [0.2, 0.25) is 5.91 Å². The second-order valence-electron chi connectivity index (χ2n) is 7.05. The molecule has 0 rings (SSSR count). The summed E-state index contributed by atoms with van der Waals surface area (Å²) in [6.07, 6.45) is 11.4. The Morgan fingerprint density at radius 3 is 2.00 bits per heavy atom. The number of phosphoric ester groups is 1. The monoisotopic (exact) mass is 597 g/mol. The van der Waals surface area contributed by atoms with E-state index < -0.39 is 33.3 Å². The molecule has 0 unspecified atom stereocenters. The van der Waals surface area contributed by atoms with Gasteiger partial charge in [-0.25, -0.2) is 0 Å². The number of rotatable bonds is 15. The smallest absolute Gasteiger partial charge is 0.790 e. The largest absolute Gasteiger partial charge is 1.00 e. The van der Waals surface area contributed by atoms with Crippen LogP contribution in [0.5, 0.6) is 0 Å². The van der Waals surface area contributed by atoms with Crippen molar-refractivity contribution in [2.45, 2.75) is 71.3 Å². The first kappa shape index (κ1) is 44.8. The topological polar surface area (TPSA) is 157 Å². The predicted octanol–water partition coefficient (Wildman–Crippen LogP) is -3.20. The summed E-state index contributed by atoms with van der Waals surface area (Å²) >= 11 is 0. The minimum atomic E-state index is -5.14. The van der Waals surface area contributed by atoms with Crippen LogP contribution in [-0.2, 0) is 28.2 Å². The average Bonchev–Trinajstić information content (AvgIpc) is 2.84. The van der Waals surface area contributed by atoms with Gasteiger partial charge in [0.05, 0.1) is 21.0 Å². The zero-order valence-corrected chi connectivity index (χ0v) is 28.0. The van der Waals surface area contributed by atoms with Crippen LogP contribution in [0.1, 0.15) is 78.1 Å². The quantitative estimate of drug-likeness (QED) is 0.0377. The van der Waals surface area contributed by atoms with E-state index >= 15 is 0 Å². The molecule has 1 atom stereocenters. The van der Waals surface area contributed by atoms with E-state index in [0.717, 1.165) is 19.3 Å². The normalized spacial score (nSPS) is 9.44. The van der Waals surface area contributed by atoms with E-state index in [1.807, 2.05) is 0 Å². The van der Waals surface area contributed by atoms with Gasteiger partial charge in [-0.15, -0.1) is 6.42 Å². The molecule has 0 spiro atoms. The molecule has 0 bridgehead atoms. The predicted molar refractivity (Wildman–Crippen MR) is 152 cm³/mol. The van der Waals surface area contributed by atoms with E-state index in [1.54, 1.807) is 0 Å². The van der Waals surface area contributed by atoms with Gasteiger partial charge in [0.15, 0.2) is 0 Å². The van der Waals surface area contributed by atoms with Crippen LogP contribution in [0, 0.1) is 59.8 Å². The third-order valence-electron chi connectivity index (χ3n) is 3.84. The minimum Gasteiger partial charge on any atom is -0.790 e. The second-order valence-corrected chi connectivity index (χ2v) is 8.20. The van der Waals surface area contributed by atoms with Crippen molar-refractivity contribution in [3.05, 3.63) is 0 Å². The number of terminal acetylenes is 1. The maximum Gasteiger partial charge on any atom is 1.00 e. The first-order valence-electron chi connectivity index (χ1n) is 11.4. The van der Waals surface area contributed by atoms with E-state index in [1.165, 1.54) is 26.2 Å². The summed E-state index contributed by atoms with van der Waals surface area (Å²) in [4.78, 5) is 42.8. The van der Waals surface area contributed by atoms with Crippen LogP contribution in [0.4, 0.5) is 0 Å². The molecular formula is C26H50NNa2O9P. The molecule has 220 valence electrons. The van der Waals surface area contributed by atoms with E-state index in [2.05, 4.69) is 74.9 Å². The van der Waals surface area contributed by atoms with Crippen LogP contribution >= 0.6 is 7.82 Å². The maximum absolute atomic E-state index is 11.7. The third kappa shape index (κ3) is 41.4. The summed E-state index contributed by atoms with van der Waals surface area (Å²) in [5.41, 5.74) is 0. The molecule has 0 heterocycles. The number of ether oxygens (including phenoxy) is 2. The van der Waals surface area contributed by atoms with Crippen LogP contribution in [0.2, 0.25) is 0 Å². The van der Waals surface area contributed by atoms with Crippen molar-refractivity contribution in [2.75, 3.05) is 20.0 Å². The Morgan fingerprint density at radius 2 is 1.49 bits per heavy atom. The van der Waals surface area contributed by atoms with Crippen LogP contribution in [-0.4, -0.2) is 43.1 Å². The number of unbranched alkanes of at least 4 members (excludes halogenated alkanes) is 6. The number of carbonyl (C=O) groups is 2. The van der Waals surface area contributed by atoms with Gasteiger partial charge in [0.25, 0.3) is 0 Å². The zero-order valence-electron chi connectivity index (χ0n) is 23.1. The molecule has 0 aromatic rings. The van der Waals surface area contributed by atoms with Crippen LogP contribution in [0.25, 0.3) is 0 Å². The molecule has 39 heavy (non-hydrogen) atoms. The average molecular weight is 598 g/mol. The molecule has 0 aliphatic heterocycles. The summed E-state index contributed by atoms with van der Waals surface area (Å²) in [6.45, 7) is 2.02. The molecule has 0 saturated heterocycles. The third-order valence-corrected chi connectivity index (χ3v) is 4.31. The molecular weight excluding hydrogens is 547 g/mol. The number of hydrogen-bond donors (Lipinski definition) is 2. The van der Waals surface area contributed by atoms with Crippen LogP contribution in [0.15, 0.2) is 0 Å². The number of esters is 1. The van der Waals surface area contributed by atoms with Gasteiger partial charge < -0.3 is 33.5 Å². The fourth-order valence-corrected chi connectivity index (χ4v) is 2.64. The van der Waals surface area contributed by atoms with E-state index in [-0.39, 0.29) is 90.9 Å². The molecule has 2 N–H and O–H groups in total. The van der Waals surface area contributed by atoms with Crippen molar-refractivity contribution >= 4 is 19.7 Å². The number of phosphoric acid groups is 1. The van der Waals surface area contributed by atoms with Crippen LogP contribution in [0.3, 0.4) is 0 Å². The summed E-state index contributed by atoms with van der Waals surface area (Å²) in [5, 5.41) is 10.8. The van der Waals surface area contributed by atoms with Gasteiger partial charge in [0, 0.05) is 55.9 Å². The molecule has 1 amide bonds. The Hall–Kier alpha value is -1.23. The van der Waals surface area contributed by atoms with Crippen molar-refractivity contribution in [3.8, 4) is 59.8 Å². The molecule has 0 aromatic heterocycles. The van der Waals surface area contributed by atoms with Gasteiger partial charge in [-0.3, -0.25) is 14.9 Å². The van der Waals surface area contributed by atoms with Gasteiger partial charge >= 0.3 is 65.1 Å². The van der Waals surface area contributed by atoms with Gasteiger partial charge in [-0.2, -0.15) is 0 Å². The zero-order chi connectivity index (χ0) is 28.2. The van der Waals surface area contributed by atoms with Crippen molar-refractivity contribution in [1.29, 1.82) is 0 Å². The first-order valence-corrected chi connectivity index (χ1v) is 12.9. The van der Waals surface area contributed by atoms with Gasteiger partial charge in [-0.05, 0) is 30.1 Å². The Balaban J connectivity index is -0.0000000402. The van der Waals surface area contributed by atoms with Crippen molar-refractivity contribution in [2.24, 2.45) is 0 Å². The van der Waals surface area contributed by atoms with Gasteiger partial charge in [0.1, 0.15) is 12.9 Å². The number of aliphatic hydroxyl groups excluding tert-OH is 1. The Morgan fingerprint density at radius 1 is 0.949 bits per heavy atom. The number of aliphatic hydroxyl groups is 1. The molecule has 10 nitrogen and oxygen atoms in total. The Labute approximate surface area is 289 Å². The van der Waals surface area contributed by atoms with Crippen LogP contribution < -0.4 is 74.2 Å². The van der Waals surface area contributed by atoms with E-state index in [9.17, 15) is 23.9 Å². The van der Waals surface area contributed by atoms with E-state index in [4.69, 9.17) is 16.3 Å². The van der Waals surface area contributed by atoms with Crippen molar-refractivity contribution < 1.29 is 115 Å². The van der Waals surface area contributed by atoms with Gasteiger partial charge in [-0.1, -0.05) is 45.4 Å². The fourth-order valence-electron chi connectivity index (χ4n) is 2.29. The second kappa shape index (κ2) is 33.0. The molecule has 0 saturated carbocycles. The number of amides is 1.